The molecular formula is C41H51N9O7. The molecule has 302 valence electrons. The van der Waals surface area contributed by atoms with Gasteiger partial charge in [0, 0.05) is 48.0 Å². The van der Waals surface area contributed by atoms with E-state index in [1.54, 1.807) is 28.1 Å². The van der Waals surface area contributed by atoms with Crippen LogP contribution < -0.4 is 16.0 Å². The Balaban J connectivity index is 1.13. The fraction of sp³-hybridized carbons (Fsp3) is 0.439. The van der Waals surface area contributed by atoms with Crippen molar-refractivity contribution in [3.05, 3.63) is 83.8 Å². The number of H-pyrrole nitrogens is 2. The van der Waals surface area contributed by atoms with Gasteiger partial charge in [0.05, 0.1) is 32.0 Å². The van der Waals surface area contributed by atoms with Crippen LogP contribution in [0, 0.1) is 11.8 Å². The molecule has 0 unspecified atom stereocenters. The largest absolute Gasteiger partial charge is 0.453 e. The third-order valence-electron chi connectivity index (χ3n) is 10.5. The maximum atomic E-state index is 13.9. The average Bonchev–Trinajstić information content (AvgIpc) is 4.05. The molecule has 4 amide bonds. The molecule has 4 atom stereocenters. The highest BCUT2D eigenvalue weighted by Gasteiger charge is 2.39. The van der Waals surface area contributed by atoms with Gasteiger partial charge < -0.3 is 45.2 Å². The topological polar surface area (TPSA) is 204 Å². The molecule has 0 saturated carbocycles. The van der Waals surface area contributed by atoms with Crippen LogP contribution in [0.5, 0.6) is 0 Å². The number of amides is 4. The lowest BCUT2D eigenvalue weighted by atomic mass is 10.0. The molecule has 57 heavy (non-hydrogen) atoms. The number of para-hydroxylation sites is 1. The normalized spacial score (nSPS) is 17.7. The summed E-state index contributed by atoms with van der Waals surface area (Å²) < 4.78 is 9.48. The van der Waals surface area contributed by atoms with E-state index in [0.29, 0.717) is 42.4 Å². The van der Waals surface area contributed by atoms with Crippen LogP contribution in [0.15, 0.2) is 60.9 Å². The van der Waals surface area contributed by atoms with Crippen molar-refractivity contribution < 1.29 is 33.4 Å². The van der Waals surface area contributed by atoms with Crippen molar-refractivity contribution in [2.24, 2.45) is 11.8 Å². The van der Waals surface area contributed by atoms with E-state index >= 15 is 0 Å². The number of nitrogens with zero attached hydrogens (tertiary/aromatic N) is 4. The first-order valence-electron chi connectivity index (χ1n) is 19.3. The zero-order valence-corrected chi connectivity index (χ0v) is 33.1. The average molecular weight is 782 g/mol. The highest BCUT2D eigenvalue weighted by molar-refractivity contribution is 6.11. The third kappa shape index (κ3) is 8.95. The Kier molecular flexibility index (Phi) is 12.6. The number of likely N-dealkylation sites (tertiary alicyclic amines) is 2. The van der Waals surface area contributed by atoms with Crippen LogP contribution in [0.25, 0.3) is 11.3 Å². The standard InChI is InChI=1S/C41H51N9O7/c1-23(2)33(47-40(54)56-5)38(52)49-19-9-13-31(49)36-42-21-29(45-36)25-15-17-26(18-16-25)44-28-12-8-7-11-27(28)35(51)30-22-43-37(46-30)32-14-10-20-50(32)39(53)34(24(3)4)48-41(55)57-6/h7-8,11-12,15-18,21-24,31-34,44H,9-10,13-14,19-20H2,1-6H3,(H,42,45)(H,43,46)(H,47,54)(H,48,55)/t31-,32-,33-,34-/m0/s1. The Morgan fingerprint density at radius 2 is 1.25 bits per heavy atom. The van der Waals surface area contributed by atoms with Gasteiger partial charge in [-0.15, -0.1) is 0 Å². The highest BCUT2D eigenvalue weighted by Crippen LogP contribution is 2.34. The van der Waals surface area contributed by atoms with E-state index in [0.717, 1.165) is 36.2 Å². The van der Waals surface area contributed by atoms with Crippen LogP contribution in [0.1, 0.15) is 93.2 Å². The van der Waals surface area contributed by atoms with Gasteiger partial charge in [-0.2, -0.15) is 0 Å². The minimum absolute atomic E-state index is 0.130. The number of hydrogen-bond acceptors (Lipinski definition) is 10. The van der Waals surface area contributed by atoms with Crippen molar-refractivity contribution in [2.45, 2.75) is 77.5 Å². The molecule has 6 rings (SSSR count). The fourth-order valence-electron chi connectivity index (χ4n) is 7.47. The molecule has 0 aliphatic carbocycles. The molecule has 2 aromatic heterocycles. The molecule has 5 N–H and O–H groups in total. The first kappa shape index (κ1) is 40.5. The number of methoxy groups -OCH3 is 2. The number of carbonyl (C=O) groups excluding carboxylic acids is 5. The second-order valence-electron chi connectivity index (χ2n) is 15.0. The van der Waals surface area contributed by atoms with Crippen LogP contribution in [0.3, 0.4) is 0 Å². The second kappa shape index (κ2) is 17.7. The smallest absolute Gasteiger partial charge is 0.407 e. The lowest BCUT2D eigenvalue weighted by molar-refractivity contribution is -0.136. The van der Waals surface area contributed by atoms with Gasteiger partial charge in [-0.25, -0.2) is 19.6 Å². The lowest BCUT2D eigenvalue weighted by Gasteiger charge is -2.29. The summed E-state index contributed by atoms with van der Waals surface area (Å²) in [4.78, 5) is 84.3. The Hall–Kier alpha value is -6.19. The molecule has 16 heteroatoms. The Morgan fingerprint density at radius 1 is 0.719 bits per heavy atom. The number of imidazole rings is 2. The van der Waals surface area contributed by atoms with Crippen LogP contribution in [0.2, 0.25) is 0 Å². The third-order valence-corrected chi connectivity index (χ3v) is 10.5. The number of carbonyl (C=O) groups is 5. The minimum Gasteiger partial charge on any atom is -0.453 e. The number of rotatable bonds is 13. The van der Waals surface area contributed by atoms with E-state index in [1.165, 1.54) is 14.2 Å². The predicted octanol–water partition coefficient (Wildman–Crippen LogP) is 5.86. The molecule has 4 heterocycles. The predicted molar refractivity (Wildman–Crippen MR) is 211 cm³/mol. The summed E-state index contributed by atoms with van der Waals surface area (Å²) in [5.74, 6) is 0.203. The van der Waals surface area contributed by atoms with Gasteiger partial charge >= 0.3 is 12.2 Å². The SMILES string of the molecule is COC(=O)N[C@H](C(=O)N1CCC[C@H]1c1nc(C(=O)c2ccccc2Nc2ccc(-c3c[nH]c([C@@H]4CCCN4C(=O)[C@@H](NC(=O)OC)C(C)C)n3)cc2)c[nH]1)C(C)C. The van der Waals surface area contributed by atoms with Crippen LogP contribution in [0.4, 0.5) is 21.0 Å². The summed E-state index contributed by atoms with van der Waals surface area (Å²) in [5.41, 5.74) is 3.58. The monoisotopic (exact) mass is 781 g/mol. The maximum absolute atomic E-state index is 13.9. The molecule has 16 nitrogen and oxygen atoms in total. The number of benzene rings is 2. The second-order valence-corrected chi connectivity index (χ2v) is 15.0. The van der Waals surface area contributed by atoms with Crippen LogP contribution in [-0.4, -0.2) is 98.9 Å². The molecule has 0 spiro atoms. The number of aromatic nitrogens is 4. The molecular weight excluding hydrogens is 731 g/mol. The lowest BCUT2D eigenvalue weighted by Crippen LogP contribution is -2.51. The van der Waals surface area contributed by atoms with Gasteiger partial charge in [-0.05, 0) is 61.8 Å². The molecule has 0 bridgehead atoms. The van der Waals surface area contributed by atoms with E-state index in [1.807, 2.05) is 70.3 Å². The van der Waals surface area contributed by atoms with E-state index in [9.17, 15) is 24.0 Å². The van der Waals surface area contributed by atoms with Gasteiger partial charge in [-0.3, -0.25) is 14.4 Å². The molecule has 2 fully saturated rings. The molecule has 2 aliphatic rings. The van der Waals surface area contributed by atoms with Gasteiger partial charge in [0.15, 0.2) is 0 Å². The van der Waals surface area contributed by atoms with E-state index < -0.39 is 24.3 Å². The van der Waals surface area contributed by atoms with Crippen LogP contribution in [-0.2, 0) is 19.1 Å². The summed E-state index contributed by atoms with van der Waals surface area (Å²) in [5, 5.41) is 8.70. The van der Waals surface area contributed by atoms with E-state index in [2.05, 4.69) is 30.9 Å². The number of aromatic amines is 2. The van der Waals surface area contributed by atoms with Gasteiger partial charge in [0.25, 0.3) is 0 Å². The number of hydrogen-bond donors (Lipinski definition) is 5. The fourth-order valence-corrected chi connectivity index (χ4v) is 7.47. The number of ketones is 1. The van der Waals surface area contributed by atoms with Crippen molar-refractivity contribution in [2.75, 3.05) is 32.6 Å². The number of nitrogens with one attached hydrogen (secondary N) is 5. The van der Waals surface area contributed by atoms with Crippen molar-refractivity contribution >= 4 is 41.2 Å². The first-order chi connectivity index (χ1) is 27.4. The summed E-state index contributed by atoms with van der Waals surface area (Å²) in [7, 11) is 2.53. The zero-order valence-electron chi connectivity index (χ0n) is 33.1. The van der Waals surface area contributed by atoms with Gasteiger partial charge in [0.1, 0.15) is 29.4 Å². The van der Waals surface area contributed by atoms with E-state index in [-0.39, 0.29) is 47.2 Å². The summed E-state index contributed by atoms with van der Waals surface area (Å²) in [6.45, 7) is 8.55. The Morgan fingerprint density at radius 3 is 1.79 bits per heavy atom. The summed E-state index contributed by atoms with van der Waals surface area (Å²) in [6, 6.07) is 12.8. The van der Waals surface area contributed by atoms with Gasteiger partial charge in [0.2, 0.25) is 17.6 Å². The quantitative estimate of drug-likeness (QED) is 0.102. The number of anilines is 2. The Bertz CT molecular complexity index is 2080. The summed E-state index contributed by atoms with van der Waals surface area (Å²) in [6.07, 6.45) is 5.05. The first-order valence-corrected chi connectivity index (χ1v) is 19.3. The molecule has 2 aromatic carbocycles. The number of ether oxygens (including phenoxy) is 2. The molecule has 2 aliphatic heterocycles. The van der Waals surface area contributed by atoms with Crippen molar-refractivity contribution in [3.63, 3.8) is 0 Å². The Labute approximate surface area is 331 Å². The van der Waals surface area contributed by atoms with Crippen molar-refractivity contribution in [1.82, 2.24) is 40.4 Å². The molecule has 2 saturated heterocycles. The highest BCUT2D eigenvalue weighted by atomic mass is 16.5. The maximum Gasteiger partial charge on any atom is 0.407 e. The zero-order chi connectivity index (χ0) is 40.8. The minimum atomic E-state index is -0.764. The van der Waals surface area contributed by atoms with Crippen molar-refractivity contribution in [3.8, 4) is 11.3 Å². The van der Waals surface area contributed by atoms with E-state index in [4.69, 9.17) is 14.5 Å². The summed E-state index contributed by atoms with van der Waals surface area (Å²) >= 11 is 0. The van der Waals surface area contributed by atoms with Gasteiger partial charge in [-0.1, -0.05) is 52.0 Å². The van der Waals surface area contributed by atoms with Crippen molar-refractivity contribution in [1.29, 1.82) is 0 Å². The number of alkyl carbamates (subject to hydrolysis) is 2. The molecule has 0 radical (unpaired) electrons. The molecule has 4 aromatic rings. The van der Waals surface area contributed by atoms with Crippen LogP contribution >= 0.6 is 0 Å².